The van der Waals surface area contributed by atoms with Crippen LogP contribution in [-0.2, 0) is 0 Å². The summed E-state index contributed by atoms with van der Waals surface area (Å²) in [6.45, 7) is 1.94. The summed E-state index contributed by atoms with van der Waals surface area (Å²) in [5.41, 5.74) is 2.42. The third-order valence-corrected chi connectivity index (χ3v) is 5.15. The second kappa shape index (κ2) is 6.54. The van der Waals surface area contributed by atoms with Crippen LogP contribution in [0.2, 0.25) is 0 Å². The Bertz CT molecular complexity index is 1370. The van der Waals surface area contributed by atoms with Crippen molar-refractivity contribution in [3.8, 4) is 0 Å². The van der Waals surface area contributed by atoms with Gasteiger partial charge in [0.1, 0.15) is 5.82 Å². The molecule has 2 aromatic carbocycles. The molecule has 5 aromatic rings. The minimum absolute atomic E-state index is 0.130. The van der Waals surface area contributed by atoms with E-state index in [0.29, 0.717) is 22.2 Å². The number of fused-ring (bicyclic) bond motifs is 2. The zero-order valence-corrected chi connectivity index (χ0v) is 15.6. The molecule has 0 saturated carbocycles. The predicted molar refractivity (Wildman–Crippen MR) is 109 cm³/mol. The van der Waals surface area contributed by atoms with Gasteiger partial charge in [0.25, 0.3) is 5.56 Å². The number of benzene rings is 2. The minimum Gasteiger partial charge on any atom is -0.323 e. The molecule has 0 aliphatic carbocycles. The Hall–Kier alpha value is -3.59. The highest BCUT2D eigenvalue weighted by molar-refractivity contribution is 7.99. The van der Waals surface area contributed by atoms with E-state index in [1.165, 1.54) is 11.8 Å². The zero-order chi connectivity index (χ0) is 19.1. The fourth-order valence-corrected chi connectivity index (χ4v) is 3.79. The van der Waals surface area contributed by atoms with E-state index < -0.39 is 0 Å². The molecular formula is C19H15N7OS. The van der Waals surface area contributed by atoms with Crippen LogP contribution in [0.5, 0.6) is 0 Å². The normalized spacial score (nSPS) is 11.3. The Balaban J connectivity index is 1.55. The van der Waals surface area contributed by atoms with Gasteiger partial charge in [0.2, 0.25) is 0 Å². The SMILES string of the molecule is Cc1cc(Nc2nc(Sc3ccc4c(=O)[nH][nH]c4c3)nc3ccccc23)n[nH]1. The van der Waals surface area contributed by atoms with Gasteiger partial charge in [0.15, 0.2) is 11.0 Å². The average Bonchev–Trinajstić information content (AvgIpc) is 3.27. The van der Waals surface area contributed by atoms with Gasteiger partial charge in [-0.3, -0.25) is 20.1 Å². The molecule has 0 aliphatic rings. The van der Waals surface area contributed by atoms with Gasteiger partial charge in [-0.25, -0.2) is 9.97 Å². The molecule has 138 valence electrons. The van der Waals surface area contributed by atoms with Crippen molar-refractivity contribution >= 4 is 45.2 Å². The van der Waals surface area contributed by atoms with Crippen molar-refractivity contribution in [1.82, 2.24) is 30.4 Å². The molecule has 0 saturated heterocycles. The second-order valence-corrected chi connectivity index (χ2v) is 7.36. The smallest absolute Gasteiger partial charge is 0.271 e. The van der Waals surface area contributed by atoms with Gasteiger partial charge in [-0.15, -0.1) is 0 Å². The molecule has 28 heavy (non-hydrogen) atoms. The lowest BCUT2D eigenvalue weighted by Crippen LogP contribution is -1.99. The number of nitrogens with zero attached hydrogens (tertiary/aromatic N) is 3. The summed E-state index contributed by atoms with van der Waals surface area (Å²) in [6, 6.07) is 15.3. The molecule has 0 aliphatic heterocycles. The first-order valence-electron chi connectivity index (χ1n) is 8.60. The van der Waals surface area contributed by atoms with Crippen LogP contribution < -0.4 is 10.9 Å². The van der Waals surface area contributed by atoms with Gasteiger partial charge in [0.05, 0.1) is 16.4 Å². The molecule has 0 unspecified atom stereocenters. The number of H-pyrrole nitrogens is 3. The lowest BCUT2D eigenvalue weighted by Gasteiger charge is -2.09. The maximum atomic E-state index is 11.7. The van der Waals surface area contributed by atoms with E-state index in [0.717, 1.165) is 27.0 Å². The Labute approximate surface area is 162 Å². The van der Waals surface area contributed by atoms with Crippen LogP contribution in [0.3, 0.4) is 0 Å². The quantitative estimate of drug-likeness (QED) is 0.348. The summed E-state index contributed by atoms with van der Waals surface area (Å²) in [6.07, 6.45) is 0. The molecule has 9 heteroatoms. The van der Waals surface area contributed by atoms with Crippen molar-refractivity contribution in [2.24, 2.45) is 0 Å². The number of aromatic nitrogens is 6. The highest BCUT2D eigenvalue weighted by Crippen LogP contribution is 2.31. The zero-order valence-electron chi connectivity index (χ0n) is 14.8. The van der Waals surface area contributed by atoms with Crippen LogP contribution in [0.25, 0.3) is 21.8 Å². The van der Waals surface area contributed by atoms with E-state index in [2.05, 4.69) is 30.7 Å². The summed E-state index contributed by atoms with van der Waals surface area (Å²) >= 11 is 1.43. The molecule has 0 atom stereocenters. The number of rotatable bonds is 4. The number of para-hydroxylation sites is 1. The molecule has 3 heterocycles. The number of hydrogen-bond donors (Lipinski definition) is 4. The third-order valence-electron chi connectivity index (χ3n) is 4.29. The molecule has 0 radical (unpaired) electrons. The van der Waals surface area contributed by atoms with Gasteiger partial charge in [0, 0.05) is 22.0 Å². The summed E-state index contributed by atoms with van der Waals surface area (Å²) in [5.74, 6) is 1.39. The Kier molecular flexibility index (Phi) is 3.87. The number of aromatic amines is 3. The first kappa shape index (κ1) is 16.6. The number of nitrogens with one attached hydrogen (secondary N) is 4. The molecule has 0 fully saturated rings. The predicted octanol–water partition coefficient (Wildman–Crippen LogP) is 3.73. The standard InChI is InChI=1S/C19H15N7OS/c1-10-8-16(25-23-10)21-17-12-4-2-3-5-14(12)20-19(22-17)28-11-6-7-13-15(9-11)24-26-18(13)27/h2-9H,1H3,(H2,24,26,27)(H2,20,21,22,23,25). The van der Waals surface area contributed by atoms with Crippen molar-refractivity contribution in [1.29, 1.82) is 0 Å². The van der Waals surface area contributed by atoms with Crippen LogP contribution >= 0.6 is 11.8 Å². The van der Waals surface area contributed by atoms with Crippen LogP contribution in [0.4, 0.5) is 11.6 Å². The summed E-state index contributed by atoms with van der Waals surface area (Å²) < 4.78 is 0. The van der Waals surface area contributed by atoms with Crippen molar-refractivity contribution in [3.63, 3.8) is 0 Å². The van der Waals surface area contributed by atoms with Crippen LogP contribution in [-0.4, -0.2) is 30.4 Å². The van der Waals surface area contributed by atoms with Crippen LogP contribution in [0, 0.1) is 6.92 Å². The van der Waals surface area contributed by atoms with E-state index in [4.69, 9.17) is 4.98 Å². The van der Waals surface area contributed by atoms with Gasteiger partial charge >= 0.3 is 0 Å². The highest BCUT2D eigenvalue weighted by atomic mass is 32.2. The van der Waals surface area contributed by atoms with Crippen LogP contribution in [0.1, 0.15) is 5.69 Å². The monoisotopic (exact) mass is 389 g/mol. The lowest BCUT2D eigenvalue weighted by molar-refractivity contribution is 1.00. The summed E-state index contributed by atoms with van der Waals surface area (Å²) in [5, 5.41) is 18.0. The van der Waals surface area contributed by atoms with Crippen molar-refractivity contribution in [2.75, 3.05) is 5.32 Å². The summed E-state index contributed by atoms with van der Waals surface area (Å²) in [4.78, 5) is 22.0. The van der Waals surface area contributed by atoms with E-state index >= 15 is 0 Å². The minimum atomic E-state index is -0.130. The fraction of sp³-hybridized carbons (Fsp3) is 0.0526. The maximum absolute atomic E-state index is 11.7. The number of hydrogen-bond acceptors (Lipinski definition) is 6. The van der Waals surface area contributed by atoms with E-state index in [1.807, 2.05) is 49.4 Å². The van der Waals surface area contributed by atoms with Crippen molar-refractivity contribution in [3.05, 3.63) is 64.6 Å². The Morgan fingerprint density at radius 1 is 1.00 bits per heavy atom. The molecule has 4 N–H and O–H groups in total. The molecule has 3 aromatic heterocycles. The first-order valence-corrected chi connectivity index (χ1v) is 9.41. The first-order chi connectivity index (χ1) is 13.7. The largest absolute Gasteiger partial charge is 0.323 e. The topological polar surface area (TPSA) is 115 Å². The highest BCUT2D eigenvalue weighted by Gasteiger charge is 2.11. The van der Waals surface area contributed by atoms with Gasteiger partial charge in [-0.1, -0.05) is 12.1 Å². The number of anilines is 2. The lowest BCUT2D eigenvalue weighted by atomic mass is 10.2. The number of aryl methyl sites for hydroxylation is 1. The van der Waals surface area contributed by atoms with Crippen molar-refractivity contribution < 1.29 is 0 Å². The molecule has 0 amide bonds. The average molecular weight is 389 g/mol. The molecule has 8 nitrogen and oxygen atoms in total. The van der Waals surface area contributed by atoms with E-state index in [9.17, 15) is 4.79 Å². The van der Waals surface area contributed by atoms with Gasteiger partial charge in [-0.2, -0.15) is 5.10 Å². The molecular weight excluding hydrogens is 374 g/mol. The van der Waals surface area contributed by atoms with Gasteiger partial charge in [-0.05, 0) is 49.0 Å². The van der Waals surface area contributed by atoms with E-state index in [1.54, 1.807) is 6.07 Å². The summed E-state index contributed by atoms with van der Waals surface area (Å²) in [7, 11) is 0. The van der Waals surface area contributed by atoms with Gasteiger partial charge < -0.3 is 5.32 Å². The molecule has 0 bridgehead atoms. The maximum Gasteiger partial charge on any atom is 0.271 e. The van der Waals surface area contributed by atoms with E-state index in [-0.39, 0.29) is 5.56 Å². The molecule has 5 rings (SSSR count). The Morgan fingerprint density at radius 2 is 1.89 bits per heavy atom. The third kappa shape index (κ3) is 3.01. The second-order valence-electron chi connectivity index (χ2n) is 6.32. The Morgan fingerprint density at radius 3 is 2.75 bits per heavy atom. The fourth-order valence-electron chi connectivity index (χ4n) is 2.98. The van der Waals surface area contributed by atoms with Crippen LogP contribution in [0.15, 0.2) is 63.4 Å². The van der Waals surface area contributed by atoms with Crippen molar-refractivity contribution in [2.45, 2.75) is 17.0 Å². The molecule has 0 spiro atoms.